The molecule has 0 saturated carbocycles. The summed E-state index contributed by atoms with van der Waals surface area (Å²) < 4.78 is 5.16. The smallest absolute Gasteiger partial charge is 0.223 e. The molecule has 0 aliphatic carbocycles. The van der Waals surface area contributed by atoms with Crippen LogP contribution in [0, 0.1) is 0 Å². The standard InChI is InChI=1S/C17H19N7O/c1-25-13-4-2-12(3-5-13)6-7-20-14-10-15(24-17(18)23-14)22-16-11-19-8-9-21-16/h2-5,8-11H,6-7H2,1H3,(H4,18,20,21,22,23,24). The van der Waals surface area contributed by atoms with Crippen molar-refractivity contribution >= 4 is 23.4 Å². The van der Waals surface area contributed by atoms with E-state index in [1.54, 1.807) is 31.8 Å². The van der Waals surface area contributed by atoms with E-state index in [4.69, 9.17) is 10.5 Å². The van der Waals surface area contributed by atoms with Crippen LogP contribution >= 0.6 is 0 Å². The molecule has 0 aliphatic heterocycles. The Balaban J connectivity index is 1.60. The van der Waals surface area contributed by atoms with E-state index in [9.17, 15) is 0 Å². The molecule has 3 rings (SSSR count). The molecule has 2 heterocycles. The highest BCUT2D eigenvalue weighted by Gasteiger charge is 2.04. The van der Waals surface area contributed by atoms with Crippen molar-refractivity contribution in [2.45, 2.75) is 6.42 Å². The molecule has 0 fully saturated rings. The Morgan fingerprint density at radius 1 is 1.04 bits per heavy atom. The second-order valence-corrected chi connectivity index (χ2v) is 5.24. The van der Waals surface area contributed by atoms with E-state index in [0.717, 1.165) is 12.2 Å². The van der Waals surface area contributed by atoms with Crippen molar-refractivity contribution in [1.82, 2.24) is 19.9 Å². The van der Waals surface area contributed by atoms with Crippen LogP contribution in [0.15, 0.2) is 48.9 Å². The first kappa shape index (κ1) is 16.4. The number of nitrogen functional groups attached to an aromatic ring is 1. The predicted octanol–water partition coefficient (Wildman–Crippen LogP) is 2.26. The fraction of sp³-hybridized carbons (Fsp3) is 0.176. The van der Waals surface area contributed by atoms with Crippen molar-refractivity contribution < 1.29 is 4.74 Å². The summed E-state index contributed by atoms with van der Waals surface area (Å²) >= 11 is 0. The van der Waals surface area contributed by atoms with Crippen molar-refractivity contribution in [2.75, 3.05) is 30.0 Å². The Labute approximate surface area is 145 Å². The topological polar surface area (TPSA) is 111 Å². The monoisotopic (exact) mass is 337 g/mol. The zero-order chi connectivity index (χ0) is 17.5. The number of anilines is 4. The average Bonchev–Trinajstić information content (AvgIpc) is 2.63. The summed E-state index contributed by atoms with van der Waals surface area (Å²) in [5, 5.41) is 6.30. The molecule has 0 aliphatic rings. The molecule has 25 heavy (non-hydrogen) atoms. The van der Waals surface area contributed by atoms with Crippen molar-refractivity contribution in [2.24, 2.45) is 0 Å². The van der Waals surface area contributed by atoms with Gasteiger partial charge < -0.3 is 21.1 Å². The molecular weight excluding hydrogens is 318 g/mol. The van der Waals surface area contributed by atoms with Crippen LogP contribution in [0.4, 0.5) is 23.4 Å². The highest BCUT2D eigenvalue weighted by molar-refractivity contribution is 5.57. The second-order valence-electron chi connectivity index (χ2n) is 5.24. The molecule has 8 heteroatoms. The van der Waals surface area contributed by atoms with Crippen molar-refractivity contribution in [1.29, 1.82) is 0 Å². The summed E-state index contributed by atoms with van der Waals surface area (Å²) in [6.45, 7) is 0.716. The number of nitrogens with one attached hydrogen (secondary N) is 2. The van der Waals surface area contributed by atoms with Gasteiger partial charge in [-0.3, -0.25) is 4.98 Å². The fourth-order valence-electron chi connectivity index (χ4n) is 2.24. The van der Waals surface area contributed by atoms with E-state index < -0.39 is 0 Å². The molecule has 0 spiro atoms. The first-order valence-electron chi connectivity index (χ1n) is 7.77. The predicted molar refractivity (Wildman–Crippen MR) is 96.9 cm³/mol. The quantitative estimate of drug-likeness (QED) is 0.602. The third-order valence-electron chi connectivity index (χ3n) is 3.44. The van der Waals surface area contributed by atoms with E-state index in [-0.39, 0.29) is 5.95 Å². The lowest BCUT2D eigenvalue weighted by molar-refractivity contribution is 0.414. The Morgan fingerprint density at radius 2 is 1.84 bits per heavy atom. The van der Waals surface area contributed by atoms with Crippen molar-refractivity contribution in [3.05, 3.63) is 54.5 Å². The molecule has 4 N–H and O–H groups in total. The number of hydrogen-bond donors (Lipinski definition) is 3. The number of hydrogen-bond acceptors (Lipinski definition) is 8. The third kappa shape index (κ3) is 4.77. The van der Waals surface area contributed by atoms with Gasteiger partial charge in [0.1, 0.15) is 23.2 Å². The Morgan fingerprint density at radius 3 is 2.56 bits per heavy atom. The van der Waals surface area contributed by atoms with Crippen LogP contribution in [0.3, 0.4) is 0 Å². The molecule has 0 unspecified atom stereocenters. The summed E-state index contributed by atoms with van der Waals surface area (Å²) in [7, 11) is 1.66. The van der Waals surface area contributed by atoms with Crippen LogP contribution in [0.25, 0.3) is 0 Å². The zero-order valence-electron chi connectivity index (χ0n) is 13.8. The van der Waals surface area contributed by atoms with E-state index in [2.05, 4.69) is 30.6 Å². The van der Waals surface area contributed by atoms with Gasteiger partial charge in [-0.15, -0.1) is 0 Å². The number of aromatic nitrogens is 4. The first-order chi connectivity index (χ1) is 12.2. The second kappa shape index (κ2) is 7.91. The molecule has 0 bridgehead atoms. The molecule has 0 atom stereocenters. The summed E-state index contributed by atoms with van der Waals surface area (Å²) in [6.07, 6.45) is 5.66. The molecule has 128 valence electrons. The zero-order valence-corrected chi connectivity index (χ0v) is 13.8. The van der Waals surface area contributed by atoms with Crippen LogP contribution in [0.1, 0.15) is 5.56 Å². The van der Waals surface area contributed by atoms with Gasteiger partial charge in [-0.05, 0) is 24.1 Å². The Bertz CT molecular complexity index is 809. The first-order valence-corrected chi connectivity index (χ1v) is 7.77. The lowest BCUT2D eigenvalue weighted by Crippen LogP contribution is -2.09. The number of rotatable bonds is 7. The highest BCUT2D eigenvalue weighted by atomic mass is 16.5. The summed E-state index contributed by atoms with van der Waals surface area (Å²) in [5.74, 6) is 2.82. The van der Waals surface area contributed by atoms with Gasteiger partial charge in [0.15, 0.2) is 0 Å². The summed E-state index contributed by atoms with van der Waals surface area (Å²) in [5.41, 5.74) is 6.98. The Hall–Kier alpha value is -3.42. The third-order valence-corrected chi connectivity index (χ3v) is 3.44. The fourth-order valence-corrected chi connectivity index (χ4v) is 2.24. The molecular formula is C17H19N7O. The molecule has 0 radical (unpaired) electrons. The number of nitrogens with zero attached hydrogens (tertiary/aromatic N) is 4. The van der Waals surface area contributed by atoms with Crippen LogP contribution in [0.2, 0.25) is 0 Å². The minimum atomic E-state index is 0.181. The maximum Gasteiger partial charge on any atom is 0.223 e. The number of ether oxygens (including phenoxy) is 1. The minimum absolute atomic E-state index is 0.181. The SMILES string of the molecule is COc1ccc(CCNc2cc(Nc3cnccn3)nc(N)n2)cc1. The minimum Gasteiger partial charge on any atom is -0.497 e. The number of methoxy groups -OCH3 is 1. The van der Waals surface area contributed by atoms with Crippen LogP contribution in [-0.2, 0) is 6.42 Å². The van der Waals surface area contributed by atoms with E-state index in [1.807, 2.05) is 24.3 Å². The van der Waals surface area contributed by atoms with Gasteiger partial charge in [0.05, 0.1) is 13.3 Å². The highest BCUT2D eigenvalue weighted by Crippen LogP contribution is 2.16. The maximum atomic E-state index is 5.78. The van der Waals surface area contributed by atoms with Gasteiger partial charge in [0, 0.05) is 25.0 Å². The van der Waals surface area contributed by atoms with E-state index >= 15 is 0 Å². The van der Waals surface area contributed by atoms with Gasteiger partial charge in [-0.25, -0.2) is 4.98 Å². The molecule has 2 aromatic heterocycles. The number of benzene rings is 1. The van der Waals surface area contributed by atoms with Gasteiger partial charge in [0.2, 0.25) is 5.95 Å². The average molecular weight is 337 g/mol. The van der Waals surface area contributed by atoms with Gasteiger partial charge in [-0.1, -0.05) is 12.1 Å². The van der Waals surface area contributed by atoms with Gasteiger partial charge in [-0.2, -0.15) is 9.97 Å². The lowest BCUT2D eigenvalue weighted by atomic mass is 10.1. The summed E-state index contributed by atoms with van der Waals surface area (Å²) in [4.78, 5) is 16.5. The molecule has 8 nitrogen and oxygen atoms in total. The normalized spacial score (nSPS) is 10.3. The molecule has 1 aromatic carbocycles. The van der Waals surface area contributed by atoms with Crippen LogP contribution in [0.5, 0.6) is 5.75 Å². The Kier molecular flexibility index (Phi) is 5.20. The molecule has 0 saturated heterocycles. The molecule has 0 amide bonds. The summed E-state index contributed by atoms with van der Waals surface area (Å²) in [6, 6.07) is 9.74. The van der Waals surface area contributed by atoms with Gasteiger partial charge in [0.25, 0.3) is 0 Å². The number of nitrogens with two attached hydrogens (primary N) is 1. The maximum absolute atomic E-state index is 5.78. The van der Waals surface area contributed by atoms with Crippen LogP contribution in [-0.4, -0.2) is 33.6 Å². The van der Waals surface area contributed by atoms with E-state index in [0.29, 0.717) is 24.0 Å². The van der Waals surface area contributed by atoms with Crippen molar-refractivity contribution in [3.63, 3.8) is 0 Å². The van der Waals surface area contributed by atoms with Crippen molar-refractivity contribution in [3.8, 4) is 5.75 Å². The largest absolute Gasteiger partial charge is 0.497 e. The van der Waals surface area contributed by atoms with Gasteiger partial charge >= 0.3 is 0 Å². The lowest BCUT2D eigenvalue weighted by Gasteiger charge is -2.09. The molecule has 3 aromatic rings. The van der Waals surface area contributed by atoms with Crippen LogP contribution < -0.4 is 21.1 Å². The van der Waals surface area contributed by atoms with E-state index in [1.165, 1.54) is 5.56 Å².